The van der Waals surface area contributed by atoms with Gasteiger partial charge in [0.15, 0.2) is 6.54 Å². The van der Waals surface area contributed by atoms with Gasteiger partial charge in [0.25, 0.3) is 5.91 Å². The Morgan fingerprint density at radius 3 is 2.65 bits per heavy atom. The molecular weight excluding hydrogens is 266 g/mol. The molecule has 0 bridgehead atoms. The molecule has 4 nitrogen and oxygen atoms in total. The Bertz CT molecular complexity index is 486. The minimum atomic E-state index is -0.640. The smallest absolute Gasteiger partial charge is 0.279 e. The van der Waals surface area contributed by atoms with Crippen LogP contribution in [0.15, 0.2) is 18.2 Å². The first kappa shape index (κ1) is 14.9. The lowest BCUT2D eigenvalue weighted by Gasteiger charge is -2.31. The monoisotopic (exact) mass is 285 g/mol. The van der Waals surface area contributed by atoms with Crippen LogP contribution < -0.4 is 10.2 Å². The van der Waals surface area contributed by atoms with E-state index in [1.165, 1.54) is 0 Å². The van der Waals surface area contributed by atoms with Crippen molar-refractivity contribution >= 4 is 11.6 Å². The van der Waals surface area contributed by atoms with E-state index >= 15 is 0 Å². The number of halogens is 2. The SMILES string of the molecule is C[C@@H]1C[NH+](CC(=O)Nc2cc(F)ccc2F)C[C@@H](C)O1. The van der Waals surface area contributed by atoms with Crippen molar-refractivity contribution in [2.24, 2.45) is 0 Å². The molecular formula is C14H19F2N2O2+. The third kappa shape index (κ3) is 3.98. The summed E-state index contributed by atoms with van der Waals surface area (Å²) >= 11 is 0. The second kappa shape index (κ2) is 6.28. The summed E-state index contributed by atoms with van der Waals surface area (Å²) in [6.07, 6.45) is 0.180. The van der Waals surface area contributed by atoms with Crippen molar-refractivity contribution in [1.29, 1.82) is 0 Å². The zero-order valence-electron chi connectivity index (χ0n) is 11.6. The van der Waals surface area contributed by atoms with E-state index in [2.05, 4.69) is 5.32 Å². The highest BCUT2D eigenvalue weighted by molar-refractivity contribution is 5.91. The molecule has 0 spiro atoms. The van der Waals surface area contributed by atoms with E-state index in [-0.39, 0.29) is 30.3 Å². The number of carbonyl (C=O) groups excluding carboxylic acids is 1. The third-order valence-electron chi connectivity index (χ3n) is 3.23. The number of quaternary nitrogens is 1. The fourth-order valence-electron chi connectivity index (χ4n) is 2.55. The van der Waals surface area contributed by atoms with Gasteiger partial charge >= 0.3 is 0 Å². The molecule has 1 aromatic rings. The molecule has 1 aliphatic heterocycles. The van der Waals surface area contributed by atoms with E-state index in [1.807, 2.05) is 13.8 Å². The molecule has 110 valence electrons. The van der Waals surface area contributed by atoms with Crippen molar-refractivity contribution in [3.05, 3.63) is 29.8 Å². The Hall–Kier alpha value is -1.53. The summed E-state index contributed by atoms with van der Waals surface area (Å²) in [7, 11) is 0. The lowest BCUT2D eigenvalue weighted by atomic mass is 10.2. The molecule has 1 aliphatic rings. The maximum Gasteiger partial charge on any atom is 0.279 e. The molecule has 1 aromatic carbocycles. The molecule has 6 heteroatoms. The summed E-state index contributed by atoms with van der Waals surface area (Å²) < 4.78 is 32.0. The molecule has 1 heterocycles. The summed E-state index contributed by atoms with van der Waals surface area (Å²) in [5, 5.41) is 2.41. The number of benzene rings is 1. The predicted octanol–water partition coefficient (Wildman–Crippen LogP) is 0.595. The van der Waals surface area contributed by atoms with Crippen LogP contribution in [-0.2, 0) is 9.53 Å². The predicted molar refractivity (Wildman–Crippen MR) is 70.6 cm³/mol. The number of hydrogen-bond acceptors (Lipinski definition) is 2. The molecule has 20 heavy (non-hydrogen) atoms. The van der Waals surface area contributed by atoms with Crippen LogP contribution in [0.25, 0.3) is 0 Å². The summed E-state index contributed by atoms with van der Waals surface area (Å²) in [4.78, 5) is 13.0. The fraction of sp³-hybridized carbons (Fsp3) is 0.500. The molecule has 1 fully saturated rings. The normalized spacial score (nSPS) is 26.3. The average molecular weight is 285 g/mol. The largest absolute Gasteiger partial charge is 0.364 e. The van der Waals surface area contributed by atoms with Gasteiger partial charge in [0.2, 0.25) is 0 Å². The van der Waals surface area contributed by atoms with Gasteiger partial charge in [-0.15, -0.1) is 0 Å². The zero-order valence-corrected chi connectivity index (χ0v) is 11.6. The zero-order chi connectivity index (χ0) is 14.7. The Balaban J connectivity index is 1.93. The molecule has 0 saturated carbocycles. The first-order valence-electron chi connectivity index (χ1n) is 6.68. The summed E-state index contributed by atoms with van der Waals surface area (Å²) in [5.41, 5.74) is -0.122. The van der Waals surface area contributed by atoms with E-state index in [4.69, 9.17) is 4.74 Å². The van der Waals surface area contributed by atoms with Crippen LogP contribution in [0, 0.1) is 11.6 Å². The van der Waals surface area contributed by atoms with Crippen LogP contribution in [0.3, 0.4) is 0 Å². The molecule has 2 rings (SSSR count). The maximum atomic E-state index is 13.4. The van der Waals surface area contributed by atoms with Crippen molar-refractivity contribution in [2.45, 2.75) is 26.1 Å². The number of carbonyl (C=O) groups is 1. The lowest BCUT2D eigenvalue weighted by Crippen LogP contribution is -3.16. The fourth-order valence-corrected chi connectivity index (χ4v) is 2.55. The van der Waals surface area contributed by atoms with Crippen molar-refractivity contribution in [3.63, 3.8) is 0 Å². The Morgan fingerprint density at radius 2 is 2.00 bits per heavy atom. The van der Waals surface area contributed by atoms with E-state index in [0.717, 1.165) is 36.2 Å². The van der Waals surface area contributed by atoms with Gasteiger partial charge < -0.3 is 15.0 Å². The number of rotatable bonds is 3. The third-order valence-corrected chi connectivity index (χ3v) is 3.23. The standard InChI is InChI=1S/C14H18F2N2O2/c1-9-6-18(7-10(2)20-9)8-14(19)17-13-5-11(15)3-4-12(13)16/h3-5,9-10H,6-8H2,1-2H3,(H,17,19)/p+1/t9-,10-/m1/s1. The van der Waals surface area contributed by atoms with Gasteiger partial charge in [0, 0.05) is 6.07 Å². The topological polar surface area (TPSA) is 42.8 Å². The van der Waals surface area contributed by atoms with E-state index in [9.17, 15) is 13.6 Å². The maximum absolute atomic E-state index is 13.4. The van der Waals surface area contributed by atoms with Crippen LogP contribution in [0.1, 0.15) is 13.8 Å². The molecule has 1 saturated heterocycles. The van der Waals surface area contributed by atoms with Gasteiger partial charge in [-0.2, -0.15) is 0 Å². The second-order valence-electron chi connectivity index (χ2n) is 5.26. The number of amides is 1. The molecule has 0 aromatic heterocycles. The summed E-state index contributed by atoms with van der Waals surface area (Å²) in [6, 6.07) is 2.99. The lowest BCUT2D eigenvalue weighted by molar-refractivity contribution is -0.907. The minimum Gasteiger partial charge on any atom is -0.364 e. The summed E-state index contributed by atoms with van der Waals surface area (Å²) in [6.45, 7) is 5.58. The number of nitrogens with one attached hydrogen (secondary N) is 2. The number of ether oxygens (including phenoxy) is 1. The van der Waals surface area contributed by atoms with Crippen LogP contribution in [-0.4, -0.2) is 37.7 Å². The Labute approximate surface area is 116 Å². The molecule has 0 radical (unpaired) electrons. The van der Waals surface area contributed by atoms with Gasteiger partial charge in [-0.25, -0.2) is 8.78 Å². The van der Waals surface area contributed by atoms with Crippen molar-refractivity contribution in [2.75, 3.05) is 25.0 Å². The molecule has 2 atom stereocenters. The average Bonchev–Trinajstić information content (AvgIpc) is 2.32. The van der Waals surface area contributed by atoms with Gasteiger partial charge in [-0.1, -0.05) is 0 Å². The Kier molecular flexibility index (Phi) is 4.67. The van der Waals surface area contributed by atoms with Gasteiger partial charge in [-0.05, 0) is 26.0 Å². The van der Waals surface area contributed by atoms with Gasteiger partial charge in [0.1, 0.15) is 36.9 Å². The molecule has 2 N–H and O–H groups in total. The number of hydrogen-bond donors (Lipinski definition) is 2. The molecule has 0 unspecified atom stereocenters. The van der Waals surface area contributed by atoms with E-state index < -0.39 is 11.6 Å². The quantitative estimate of drug-likeness (QED) is 0.854. The van der Waals surface area contributed by atoms with Crippen molar-refractivity contribution < 1.29 is 23.2 Å². The van der Waals surface area contributed by atoms with E-state index in [0.29, 0.717) is 0 Å². The number of morpholine rings is 1. The highest BCUT2D eigenvalue weighted by Crippen LogP contribution is 2.14. The first-order chi connectivity index (χ1) is 9.44. The highest BCUT2D eigenvalue weighted by Gasteiger charge is 2.27. The van der Waals surface area contributed by atoms with Crippen LogP contribution in [0.5, 0.6) is 0 Å². The number of anilines is 1. The van der Waals surface area contributed by atoms with Crippen molar-refractivity contribution in [3.8, 4) is 0 Å². The van der Waals surface area contributed by atoms with Crippen LogP contribution >= 0.6 is 0 Å². The Morgan fingerprint density at radius 1 is 1.35 bits per heavy atom. The van der Waals surface area contributed by atoms with Gasteiger partial charge in [0.05, 0.1) is 5.69 Å². The minimum absolute atomic E-state index is 0.0902. The first-order valence-corrected chi connectivity index (χ1v) is 6.68. The van der Waals surface area contributed by atoms with Crippen LogP contribution in [0.2, 0.25) is 0 Å². The van der Waals surface area contributed by atoms with Crippen molar-refractivity contribution in [1.82, 2.24) is 0 Å². The molecule has 1 amide bonds. The van der Waals surface area contributed by atoms with Crippen LogP contribution in [0.4, 0.5) is 14.5 Å². The summed E-state index contributed by atoms with van der Waals surface area (Å²) in [5.74, 6) is -1.55. The highest BCUT2D eigenvalue weighted by atomic mass is 19.1. The van der Waals surface area contributed by atoms with Gasteiger partial charge in [-0.3, -0.25) is 4.79 Å². The second-order valence-corrected chi connectivity index (χ2v) is 5.26. The van der Waals surface area contributed by atoms with E-state index in [1.54, 1.807) is 0 Å². The molecule has 0 aliphatic carbocycles.